The first-order valence-corrected chi connectivity index (χ1v) is 26.8. The zero-order valence-corrected chi connectivity index (χ0v) is 41.4. The molecule has 0 heterocycles. The van der Waals surface area contributed by atoms with E-state index in [2.05, 4.69) is 81.5 Å². The second-order valence-electron chi connectivity index (χ2n) is 17.8. The van der Waals surface area contributed by atoms with Crippen LogP contribution in [0.25, 0.3) is 0 Å². The molecule has 5 nitrogen and oxygen atoms in total. The summed E-state index contributed by atoms with van der Waals surface area (Å²) in [4.78, 5) is 25.4. The third-order valence-corrected chi connectivity index (χ3v) is 11.6. The predicted octanol–water partition coefficient (Wildman–Crippen LogP) is 18.1. The van der Waals surface area contributed by atoms with Crippen molar-refractivity contribution in [2.75, 3.05) is 19.8 Å². The van der Waals surface area contributed by atoms with Crippen LogP contribution >= 0.6 is 0 Å². The minimum atomic E-state index is -0.555. The molecule has 0 radical (unpaired) electrons. The number of carbonyl (C=O) groups excluding carboxylic acids is 2. The molecule has 1 atom stereocenters. The molecular weight excluding hydrogens is 765 g/mol. The fourth-order valence-electron chi connectivity index (χ4n) is 7.61. The summed E-state index contributed by atoms with van der Waals surface area (Å²) >= 11 is 0. The second-order valence-corrected chi connectivity index (χ2v) is 17.8. The van der Waals surface area contributed by atoms with E-state index >= 15 is 0 Å². The molecule has 0 fully saturated rings. The summed E-state index contributed by atoms with van der Waals surface area (Å²) in [7, 11) is 0. The molecule has 0 saturated carbocycles. The van der Waals surface area contributed by atoms with Gasteiger partial charge in [0.15, 0.2) is 6.10 Å². The molecule has 0 aliphatic rings. The minimum Gasteiger partial charge on any atom is -0.462 e. The van der Waals surface area contributed by atoms with Crippen LogP contribution in [0.5, 0.6) is 0 Å². The Hall–Kier alpha value is -2.40. The summed E-state index contributed by atoms with van der Waals surface area (Å²) in [5, 5.41) is 0. The fourth-order valence-corrected chi connectivity index (χ4v) is 7.61. The molecule has 62 heavy (non-hydrogen) atoms. The smallest absolute Gasteiger partial charge is 0.306 e. The van der Waals surface area contributed by atoms with E-state index in [4.69, 9.17) is 14.2 Å². The Morgan fingerprint density at radius 3 is 1.15 bits per heavy atom. The number of hydrogen-bond acceptors (Lipinski definition) is 5. The normalized spacial score (nSPS) is 12.6. The van der Waals surface area contributed by atoms with Crippen LogP contribution in [0.15, 0.2) is 60.8 Å². The third-order valence-electron chi connectivity index (χ3n) is 11.6. The number of carbonyl (C=O) groups is 2. The van der Waals surface area contributed by atoms with Crippen LogP contribution in [0, 0.1) is 0 Å². The van der Waals surface area contributed by atoms with Crippen molar-refractivity contribution in [1.82, 2.24) is 0 Å². The van der Waals surface area contributed by atoms with Gasteiger partial charge in [0.1, 0.15) is 6.61 Å². The van der Waals surface area contributed by atoms with Crippen LogP contribution in [-0.4, -0.2) is 37.9 Å². The lowest BCUT2D eigenvalue weighted by molar-refractivity contribution is -0.163. The molecule has 1 unspecified atom stereocenters. The largest absolute Gasteiger partial charge is 0.462 e. The highest BCUT2D eigenvalue weighted by Crippen LogP contribution is 2.16. The van der Waals surface area contributed by atoms with Gasteiger partial charge in [0.05, 0.1) is 6.61 Å². The number of unbranched alkanes of at least 4 members (excludes halogenated alkanes) is 28. The highest BCUT2D eigenvalue weighted by Gasteiger charge is 2.17. The molecule has 0 aromatic carbocycles. The van der Waals surface area contributed by atoms with Gasteiger partial charge < -0.3 is 14.2 Å². The lowest BCUT2D eigenvalue weighted by Gasteiger charge is -2.18. The van der Waals surface area contributed by atoms with Crippen LogP contribution in [0.4, 0.5) is 0 Å². The van der Waals surface area contributed by atoms with Crippen molar-refractivity contribution in [3.63, 3.8) is 0 Å². The average molecular weight is 867 g/mol. The topological polar surface area (TPSA) is 61.8 Å². The second kappa shape index (κ2) is 52.9. The van der Waals surface area contributed by atoms with E-state index in [1.165, 1.54) is 161 Å². The molecule has 360 valence electrons. The number of ether oxygens (including phenoxy) is 3. The van der Waals surface area contributed by atoms with E-state index in [0.717, 1.165) is 70.6 Å². The lowest BCUT2D eigenvalue weighted by Crippen LogP contribution is -2.30. The van der Waals surface area contributed by atoms with Gasteiger partial charge >= 0.3 is 11.9 Å². The van der Waals surface area contributed by atoms with Crippen LogP contribution in [-0.2, 0) is 23.8 Å². The van der Waals surface area contributed by atoms with Gasteiger partial charge in [-0.15, -0.1) is 0 Å². The zero-order chi connectivity index (χ0) is 44.9. The zero-order valence-electron chi connectivity index (χ0n) is 41.4. The van der Waals surface area contributed by atoms with Crippen molar-refractivity contribution in [2.45, 2.75) is 271 Å². The molecule has 0 N–H and O–H groups in total. The Kier molecular flexibility index (Phi) is 50.9. The first kappa shape index (κ1) is 59.6. The summed E-state index contributed by atoms with van der Waals surface area (Å²) in [5.41, 5.74) is 0. The van der Waals surface area contributed by atoms with Crippen molar-refractivity contribution < 1.29 is 23.8 Å². The molecule has 0 bridgehead atoms. The van der Waals surface area contributed by atoms with Crippen LogP contribution in [0.2, 0.25) is 0 Å². The molecule has 5 heteroatoms. The van der Waals surface area contributed by atoms with Crippen LogP contribution in [0.3, 0.4) is 0 Å². The van der Waals surface area contributed by atoms with Gasteiger partial charge in [-0.05, 0) is 57.8 Å². The highest BCUT2D eigenvalue weighted by molar-refractivity contribution is 5.70. The van der Waals surface area contributed by atoms with Crippen LogP contribution < -0.4 is 0 Å². The van der Waals surface area contributed by atoms with Gasteiger partial charge in [-0.25, -0.2) is 0 Å². The maximum atomic E-state index is 12.8. The maximum Gasteiger partial charge on any atom is 0.306 e. The van der Waals surface area contributed by atoms with Crippen molar-refractivity contribution in [1.29, 1.82) is 0 Å². The average Bonchev–Trinajstić information content (AvgIpc) is 3.27. The number of esters is 2. The predicted molar refractivity (Wildman–Crippen MR) is 270 cm³/mol. The molecular formula is C57H102O5. The van der Waals surface area contributed by atoms with E-state index in [1.54, 1.807) is 0 Å². The SMILES string of the molecule is CC/C=C\C/C=C\C/C=C\C/C=C\C/C=C\CCCC(=O)OCC(COCCCCCCCCCCCCCCCCCC)OC(=O)CCCCCCCCCCCCCCC. The van der Waals surface area contributed by atoms with E-state index in [0.29, 0.717) is 19.4 Å². The van der Waals surface area contributed by atoms with E-state index in [-0.39, 0.29) is 25.2 Å². The Balaban J connectivity index is 4.32. The Morgan fingerprint density at radius 1 is 0.371 bits per heavy atom. The fraction of sp³-hybridized carbons (Fsp3) is 0.789. The highest BCUT2D eigenvalue weighted by atomic mass is 16.6. The molecule has 0 amide bonds. The Bertz CT molecular complexity index is 1070. The van der Waals surface area contributed by atoms with Gasteiger partial charge in [0.25, 0.3) is 0 Å². The monoisotopic (exact) mass is 867 g/mol. The Morgan fingerprint density at radius 2 is 0.726 bits per heavy atom. The van der Waals surface area contributed by atoms with Gasteiger partial charge in [0, 0.05) is 19.4 Å². The first-order chi connectivity index (χ1) is 30.6. The van der Waals surface area contributed by atoms with E-state index in [9.17, 15) is 9.59 Å². The number of rotatable bonds is 49. The summed E-state index contributed by atoms with van der Waals surface area (Å²) in [6, 6.07) is 0. The molecule has 0 aromatic heterocycles. The van der Waals surface area contributed by atoms with Gasteiger partial charge in [-0.2, -0.15) is 0 Å². The molecule has 0 spiro atoms. The van der Waals surface area contributed by atoms with Crippen molar-refractivity contribution in [3.8, 4) is 0 Å². The van der Waals surface area contributed by atoms with E-state index in [1.807, 2.05) is 0 Å². The third kappa shape index (κ3) is 50.2. The Labute approximate surface area is 385 Å². The van der Waals surface area contributed by atoms with Crippen molar-refractivity contribution in [3.05, 3.63) is 60.8 Å². The van der Waals surface area contributed by atoms with Crippen LogP contribution in [0.1, 0.15) is 265 Å². The molecule has 0 rings (SSSR count). The van der Waals surface area contributed by atoms with Gasteiger partial charge in [-0.3, -0.25) is 9.59 Å². The maximum absolute atomic E-state index is 12.8. The molecule has 0 aliphatic heterocycles. The molecule has 0 aliphatic carbocycles. The number of allylic oxidation sites excluding steroid dienone is 10. The minimum absolute atomic E-state index is 0.0593. The quantitative estimate of drug-likeness (QED) is 0.0346. The standard InChI is InChI=1S/C57H102O5/c1-4-7-10-13-16-19-22-25-27-29-30-33-35-38-41-44-47-50-56(58)61-54-55(62-57(59)51-48-45-42-39-36-32-24-21-18-15-12-9-6-3)53-60-52-49-46-43-40-37-34-31-28-26-23-20-17-14-11-8-5-2/h7,10,16,19,25,27,30,33,38,41,55H,4-6,8-9,11-15,17-18,20-24,26,28-29,31-32,34-37,39-40,42-54H2,1-3H3/b10-7-,19-16-,27-25-,33-30-,41-38-. The van der Waals surface area contributed by atoms with Gasteiger partial charge in [-0.1, -0.05) is 255 Å². The summed E-state index contributed by atoms with van der Waals surface area (Å²) in [6.45, 7) is 7.69. The van der Waals surface area contributed by atoms with Crippen molar-refractivity contribution in [2.24, 2.45) is 0 Å². The summed E-state index contributed by atoms with van der Waals surface area (Å²) in [5.74, 6) is -0.453. The lowest BCUT2D eigenvalue weighted by atomic mass is 10.0. The van der Waals surface area contributed by atoms with Gasteiger partial charge in [0.2, 0.25) is 0 Å². The first-order valence-electron chi connectivity index (χ1n) is 26.8. The van der Waals surface area contributed by atoms with Crippen molar-refractivity contribution >= 4 is 11.9 Å². The molecule has 0 saturated heterocycles. The summed E-state index contributed by atoms with van der Waals surface area (Å²) < 4.78 is 17.4. The summed E-state index contributed by atoms with van der Waals surface area (Å²) in [6.07, 6.45) is 66.6. The van der Waals surface area contributed by atoms with E-state index < -0.39 is 6.10 Å². The number of hydrogen-bond donors (Lipinski definition) is 0. The molecule has 0 aromatic rings.